The summed E-state index contributed by atoms with van der Waals surface area (Å²) >= 11 is 1.45. The van der Waals surface area contributed by atoms with Gasteiger partial charge in [0.2, 0.25) is 0 Å². The summed E-state index contributed by atoms with van der Waals surface area (Å²) in [6.45, 7) is 4.61. The Morgan fingerprint density at radius 1 is 1.07 bits per heavy atom. The molecule has 0 radical (unpaired) electrons. The topological polar surface area (TPSA) is 51.2 Å². The molecule has 0 unspecified atom stereocenters. The lowest BCUT2D eigenvalue weighted by Gasteiger charge is -2.05. The Morgan fingerprint density at radius 2 is 1.74 bits per heavy atom. The number of aromatic nitrogens is 1. The van der Waals surface area contributed by atoms with Gasteiger partial charge in [-0.3, -0.25) is 4.79 Å². The molecular formula is C22H24N2O2S. The van der Waals surface area contributed by atoms with Gasteiger partial charge in [0.05, 0.1) is 12.8 Å². The molecule has 2 aromatic carbocycles. The van der Waals surface area contributed by atoms with Crippen LogP contribution in [0.5, 0.6) is 5.75 Å². The number of amides is 1. The normalized spacial score (nSPS) is 10.6. The molecule has 0 saturated heterocycles. The molecule has 27 heavy (non-hydrogen) atoms. The van der Waals surface area contributed by atoms with Gasteiger partial charge in [-0.2, -0.15) is 0 Å². The fraction of sp³-hybridized carbons (Fsp3) is 0.273. The molecule has 0 aliphatic heterocycles. The minimum absolute atomic E-state index is 0.0602. The van der Waals surface area contributed by atoms with Crippen molar-refractivity contribution in [1.29, 1.82) is 0 Å². The Kier molecular flexibility index (Phi) is 6.24. The zero-order valence-corrected chi connectivity index (χ0v) is 16.7. The summed E-state index contributed by atoms with van der Waals surface area (Å²) in [5, 5.41) is 3.88. The Morgan fingerprint density at radius 3 is 2.37 bits per heavy atom. The second-order valence-electron chi connectivity index (χ2n) is 6.34. The average Bonchev–Trinajstić information content (AvgIpc) is 3.10. The molecule has 1 amide bonds. The largest absolute Gasteiger partial charge is 0.497 e. The van der Waals surface area contributed by atoms with Gasteiger partial charge in [-0.15, -0.1) is 11.3 Å². The lowest BCUT2D eigenvalue weighted by Crippen LogP contribution is -2.25. The molecule has 0 aliphatic rings. The third kappa shape index (κ3) is 4.74. The number of ether oxygens (including phenoxy) is 1. The first-order chi connectivity index (χ1) is 13.1. The van der Waals surface area contributed by atoms with Crippen LogP contribution < -0.4 is 10.1 Å². The van der Waals surface area contributed by atoms with Gasteiger partial charge in [0.1, 0.15) is 15.6 Å². The minimum atomic E-state index is -0.0602. The van der Waals surface area contributed by atoms with Crippen LogP contribution in [0.15, 0.2) is 48.5 Å². The van der Waals surface area contributed by atoms with Gasteiger partial charge in [0.25, 0.3) is 5.91 Å². The van der Waals surface area contributed by atoms with E-state index in [4.69, 9.17) is 4.74 Å². The number of benzene rings is 2. The summed E-state index contributed by atoms with van der Waals surface area (Å²) in [5.74, 6) is 0.775. The van der Waals surface area contributed by atoms with E-state index in [9.17, 15) is 4.79 Å². The van der Waals surface area contributed by atoms with Crippen LogP contribution in [-0.4, -0.2) is 24.5 Å². The summed E-state index contributed by atoms with van der Waals surface area (Å²) in [7, 11) is 1.65. The Labute approximate surface area is 164 Å². The number of hydrogen-bond acceptors (Lipinski definition) is 4. The number of nitrogens with one attached hydrogen (secondary N) is 1. The lowest BCUT2D eigenvalue weighted by atomic mass is 10.1. The molecule has 140 valence electrons. The lowest BCUT2D eigenvalue weighted by molar-refractivity contribution is 0.0957. The van der Waals surface area contributed by atoms with E-state index in [1.54, 1.807) is 7.11 Å². The minimum Gasteiger partial charge on any atom is -0.497 e. The summed E-state index contributed by atoms with van der Waals surface area (Å²) in [4.78, 5) is 17.8. The van der Waals surface area contributed by atoms with Crippen molar-refractivity contribution < 1.29 is 9.53 Å². The van der Waals surface area contributed by atoms with Gasteiger partial charge in [0, 0.05) is 12.1 Å². The molecular weight excluding hydrogens is 356 g/mol. The quantitative estimate of drug-likeness (QED) is 0.648. The molecule has 0 fully saturated rings. The van der Waals surface area contributed by atoms with Crippen molar-refractivity contribution in [2.75, 3.05) is 13.7 Å². The van der Waals surface area contributed by atoms with Crippen molar-refractivity contribution in [3.05, 3.63) is 70.2 Å². The van der Waals surface area contributed by atoms with Crippen LogP contribution in [0.1, 0.15) is 33.4 Å². The highest BCUT2D eigenvalue weighted by molar-refractivity contribution is 7.17. The van der Waals surface area contributed by atoms with E-state index in [-0.39, 0.29) is 5.91 Å². The summed E-state index contributed by atoms with van der Waals surface area (Å²) in [6, 6.07) is 16.3. The van der Waals surface area contributed by atoms with Crippen LogP contribution in [0.3, 0.4) is 0 Å². The molecule has 1 N–H and O–H groups in total. The van der Waals surface area contributed by atoms with Crippen LogP contribution >= 0.6 is 11.3 Å². The predicted octanol–water partition coefficient (Wildman–Crippen LogP) is 4.66. The number of carbonyl (C=O) groups is 1. The van der Waals surface area contributed by atoms with Crippen LogP contribution in [0.2, 0.25) is 0 Å². The highest BCUT2D eigenvalue weighted by Gasteiger charge is 2.16. The first-order valence-corrected chi connectivity index (χ1v) is 9.90. The zero-order valence-electron chi connectivity index (χ0n) is 15.9. The highest BCUT2D eigenvalue weighted by Crippen LogP contribution is 2.28. The van der Waals surface area contributed by atoms with E-state index in [0.717, 1.165) is 40.4 Å². The summed E-state index contributed by atoms with van der Waals surface area (Å²) < 4.78 is 5.16. The van der Waals surface area contributed by atoms with E-state index >= 15 is 0 Å². The van der Waals surface area contributed by atoms with Gasteiger partial charge in [-0.05, 0) is 43.0 Å². The Bertz CT molecular complexity index is 899. The highest BCUT2D eigenvalue weighted by atomic mass is 32.1. The Hall–Kier alpha value is -2.66. The van der Waals surface area contributed by atoms with Crippen LogP contribution in [-0.2, 0) is 12.8 Å². The van der Waals surface area contributed by atoms with Gasteiger partial charge < -0.3 is 10.1 Å². The van der Waals surface area contributed by atoms with E-state index in [2.05, 4.69) is 41.5 Å². The van der Waals surface area contributed by atoms with Gasteiger partial charge in [0.15, 0.2) is 0 Å². The van der Waals surface area contributed by atoms with Crippen molar-refractivity contribution in [2.24, 2.45) is 0 Å². The molecule has 1 heterocycles. The SMILES string of the molecule is CCc1ccc(-c2nc(C)c(C(=O)NCCc3ccc(OC)cc3)s2)cc1. The molecule has 3 rings (SSSR count). The molecule has 0 aliphatic carbocycles. The molecule has 4 nitrogen and oxygen atoms in total. The van der Waals surface area contributed by atoms with Gasteiger partial charge in [-0.1, -0.05) is 43.3 Å². The fourth-order valence-electron chi connectivity index (χ4n) is 2.81. The second-order valence-corrected chi connectivity index (χ2v) is 7.34. The van der Waals surface area contributed by atoms with E-state index in [1.807, 2.05) is 31.2 Å². The maximum atomic E-state index is 12.5. The van der Waals surface area contributed by atoms with Crippen molar-refractivity contribution in [3.63, 3.8) is 0 Å². The zero-order chi connectivity index (χ0) is 19.2. The number of thiazole rings is 1. The number of nitrogens with zero attached hydrogens (tertiary/aromatic N) is 1. The monoisotopic (exact) mass is 380 g/mol. The maximum absolute atomic E-state index is 12.5. The molecule has 5 heteroatoms. The second kappa shape index (κ2) is 8.82. The van der Waals surface area contributed by atoms with Crippen molar-refractivity contribution in [2.45, 2.75) is 26.7 Å². The molecule has 0 bridgehead atoms. The van der Waals surface area contributed by atoms with E-state index in [1.165, 1.54) is 16.9 Å². The molecule has 0 spiro atoms. The van der Waals surface area contributed by atoms with Crippen LogP contribution in [0.25, 0.3) is 10.6 Å². The predicted molar refractivity (Wildman–Crippen MR) is 111 cm³/mol. The number of aryl methyl sites for hydroxylation is 2. The third-order valence-electron chi connectivity index (χ3n) is 4.47. The average molecular weight is 381 g/mol. The Balaban J connectivity index is 1.61. The molecule has 0 atom stereocenters. The summed E-state index contributed by atoms with van der Waals surface area (Å²) in [5.41, 5.74) is 4.28. The molecule has 1 aromatic heterocycles. The smallest absolute Gasteiger partial charge is 0.263 e. The fourth-order valence-corrected chi connectivity index (χ4v) is 3.79. The first kappa shape index (κ1) is 19.1. The molecule has 0 saturated carbocycles. The number of rotatable bonds is 7. The van der Waals surface area contributed by atoms with E-state index in [0.29, 0.717) is 11.4 Å². The first-order valence-electron chi connectivity index (χ1n) is 9.08. The van der Waals surface area contributed by atoms with Gasteiger partial charge >= 0.3 is 0 Å². The number of hydrogen-bond donors (Lipinski definition) is 1. The number of methoxy groups -OCH3 is 1. The summed E-state index contributed by atoms with van der Waals surface area (Å²) in [6.07, 6.45) is 1.79. The number of carbonyl (C=O) groups excluding carboxylic acids is 1. The van der Waals surface area contributed by atoms with Crippen molar-refractivity contribution in [1.82, 2.24) is 10.3 Å². The van der Waals surface area contributed by atoms with Crippen molar-refractivity contribution >= 4 is 17.2 Å². The molecule has 3 aromatic rings. The van der Waals surface area contributed by atoms with Crippen molar-refractivity contribution in [3.8, 4) is 16.3 Å². The standard InChI is InChI=1S/C22H24N2O2S/c1-4-16-5-9-18(10-6-16)22-24-15(2)20(27-22)21(25)23-14-13-17-7-11-19(26-3)12-8-17/h5-12H,4,13-14H2,1-3H3,(H,23,25). The van der Waals surface area contributed by atoms with Gasteiger partial charge in [-0.25, -0.2) is 4.98 Å². The third-order valence-corrected chi connectivity index (χ3v) is 5.68. The van der Waals surface area contributed by atoms with Crippen LogP contribution in [0, 0.1) is 6.92 Å². The van der Waals surface area contributed by atoms with Crippen LogP contribution in [0.4, 0.5) is 0 Å². The van der Waals surface area contributed by atoms with E-state index < -0.39 is 0 Å². The maximum Gasteiger partial charge on any atom is 0.263 e.